The number of hydrogen-bond acceptors (Lipinski definition) is 2. The minimum absolute atomic E-state index is 0.758. The van der Waals surface area contributed by atoms with Crippen LogP contribution in [0.1, 0.15) is 5.56 Å². The molecular weight excluding hydrogens is 232 g/mol. The molecule has 2 nitrogen and oxygen atoms in total. The number of hydrogen-bond donors (Lipinski definition) is 0. The highest BCUT2D eigenvalue weighted by atomic mass is 35.5. The third-order valence-corrected chi connectivity index (χ3v) is 3.04. The van der Waals surface area contributed by atoms with Gasteiger partial charge in [0.1, 0.15) is 0 Å². The lowest BCUT2D eigenvalue weighted by atomic mass is 10.1. The summed E-state index contributed by atoms with van der Waals surface area (Å²) in [4.78, 5) is 6.54. The van der Waals surface area contributed by atoms with E-state index in [9.17, 15) is 0 Å². The van der Waals surface area contributed by atoms with E-state index in [2.05, 4.69) is 22.0 Å². The Bertz CT molecular complexity index is 564. The first-order valence-electron chi connectivity index (χ1n) is 5.47. The molecule has 0 aliphatic carbocycles. The zero-order valence-corrected chi connectivity index (χ0v) is 9.93. The molecule has 1 aliphatic rings. The van der Waals surface area contributed by atoms with Crippen LogP contribution in [-0.2, 0) is 6.54 Å². The predicted molar refractivity (Wildman–Crippen MR) is 72.2 cm³/mol. The van der Waals surface area contributed by atoms with Crippen LogP contribution in [0, 0.1) is 0 Å². The van der Waals surface area contributed by atoms with E-state index in [4.69, 9.17) is 11.6 Å². The van der Waals surface area contributed by atoms with Crippen molar-refractivity contribution < 1.29 is 0 Å². The van der Waals surface area contributed by atoms with Crippen LogP contribution >= 0.6 is 11.6 Å². The quantitative estimate of drug-likeness (QED) is 0.738. The lowest BCUT2D eigenvalue weighted by molar-refractivity contribution is 0.997. The third-order valence-electron chi connectivity index (χ3n) is 2.81. The van der Waals surface area contributed by atoms with Crippen LogP contribution < -0.4 is 4.90 Å². The highest BCUT2D eigenvalue weighted by molar-refractivity contribution is 6.30. The van der Waals surface area contributed by atoms with E-state index in [1.807, 2.05) is 42.7 Å². The van der Waals surface area contributed by atoms with Gasteiger partial charge in [-0.15, -0.1) is 0 Å². The average molecular weight is 243 g/mol. The van der Waals surface area contributed by atoms with Crippen molar-refractivity contribution in [3.8, 4) is 0 Å². The molecule has 3 rings (SSSR count). The molecule has 0 spiro atoms. The molecule has 0 saturated carbocycles. The number of para-hydroxylation sites is 1. The van der Waals surface area contributed by atoms with Gasteiger partial charge in [-0.25, -0.2) is 4.99 Å². The molecule has 0 amide bonds. The second kappa shape index (κ2) is 4.22. The van der Waals surface area contributed by atoms with Crippen molar-refractivity contribution in [2.45, 2.75) is 6.54 Å². The van der Waals surface area contributed by atoms with Crippen LogP contribution in [-0.4, -0.2) is 6.34 Å². The number of halogens is 1. The van der Waals surface area contributed by atoms with Crippen molar-refractivity contribution in [2.24, 2.45) is 4.99 Å². The molecule has 0 fully saturated rings. The minimum atomic E-state index is 0.758. The Kier molecular flexibility index (Phi) is 2.57. The van der Waals surface area contributed by atoms with Crippen molar-refractivity contribution in [2.75, 3.05) is 4.90 Å². The average Bonchev–Trinajstić information content (AvgIpc) is 2.39. The molecule has 17 heavy (non-hydrogen) atoms. The Labute approximate surface area is 105 Å². The molecule has 1 aliphatic heterocycles. The van der Waals surface area contributed by atoms with Gasteiger partial charge in [0.25, 0.3) is 0 Å². The summed E-state index contributed by atoms with van der Waals surface area (Å²) in [6.45, 7) is 0.809. The first-order valence-corrected chi connectivity index (χ1v) is 5.85. The number of anilines is 1. The smallest absolute Gasteiger partial charge is 0.0960 e. The normalized spacial score (nSPS) is 13.6. The molecule has 0 bridgehead atoms. The molecule has 0 atom stereocenters. The second-order valence-corrected chi connectivity index (χ2v) is 4.42. The van der Waals surface area contributed by atoms with Gasteiger partial charge >= 0.3 is 0 Å². The summed E-state index contributed by atoms with van der Waals surface area (Å²) in [7, 11) is 0. The summed E-state index contributed by atoms with van der Waals surface area (Å²) in [6, 6.07) is 16.0. The van der Waals surface area contributed by atoms with Gasteiger partial charge in [-0.1, -0.05) is 29.8 Å². The Hall–Kier alpha value is -1.80. The summed E-state index contributed by atoms with van der Waals surface area (Å²) in [5, 5.41) is 0.758. The fourth-order valence-corrected chi connectivity index (χ4v) is 2.14. The molecule has 0 N–H and O–H groups in total. The fraction of sp³-hybridized carbons (Fsp3) is 0.0714. The molecule has 3 heteroatoms. The lowest BCUT2D eigenvalue weighted by Gasteiger charge is -2.24. The van der Waals surface area contributed by atoms with Crippen LogP contribution in [0.15, 0.2) is 53.5 Å². The van der Waals surface area contributed by atoms with Crippen LogP contribution in [0.2, 0.25) is 5.02 Å². The summed E-state index contributed by atoms with van der Waals surface area (Å²) in [5.74, 6) is 0. The summed E-state index contributed by atoms with van der Waals surface area (Å²) >= 11 is 6.00. The van der Waals surface area contributed by atoms with E-state index >= 15 is 0 Å². The van der Waals surface area contributed by atoms with Gasteiger partial charge in [-0.2, -0.15) is 0 Å². The van der Waals surface area contributed by atoms with Crippen molar-refractivity contribution >= 4 is 29.3 Å². The number of fused-ring (bicyclic) bond motifs is 1. The molecule has 1 heterocycles. The van der Waals surface area contributed by atoms with Gasteiger partial charge in [0.05, 0.1) is 18.6 Å². The predicted octanol–water partition coefficient (Wildman–Crippen LogP) is 4.02. The van der Waals surface area contributed by atoms with Gasteiger partial charge in [0.2, 0.25) is 0 Å². The molecular formula is C14H11ClN2. The zero-order valence-electron chi connectivity index (χ0n) is 9.18. The van der Waals surface area contributed by atoms with Gasteiger partial charge in [0.15, 0.2) is 0 Å². The minimum Gasteiger partial charge on any atom is -0.328 e. The highest BCUT2D eigenvalue weighted by Crippen LogP contribution is 2.29. The van der Waals surface area contributed by atoms with E-state index in [0.717, 1.165) is 28.5 Å². The van der Waals surface area contributed by atoms with Gasteiger partial charge in [0, 0.05) is 10.7 Å². The van der Waals surface area contributed by atoms with Crippen molar-refractivity contribution in [1.82, 2.24) is 0 Å². The number of nitrogens with zero attached hydrogens (tertiary/aromatic N) is 2. The van der Waals surface area contributed by atoms with Crippen LogP contribution in [0.4, 0.5) is 11.4 Å². The Balaban J connectivity index is 1.95. The Morgan fingerprint density at radius 3 is 2.71 bits per heavy atom. The molecule has 0 radical (unpaired) electrons. The number of benzene rings is 2. The molecule has 2 aromatic rings. The third kappa shape index (κ3) is 2.04. The highest BCUT2D eigenvalue weighted by Gasteiger charge is 2.13. The van der Waals surface area contributed by atoms with E-state index in [0.29, 0.717) is 0 Å². The monoisotopic (exact) mass is 242 g/mol. The maximum atomic E-state index is 6.00. The van der Waals surface area contributed by atoms with Crippen LogP contribution in [0.3, 0.4) is 0 Å². The lowest BCUT2D eigenvalue weighted by Crippen LogP contribution is -2.22. The molecule has 0 saturated heterocycles. The Morgan fingerprint density at radius 1 is 1.06 bits per heavy atom. The number of aliphatic imine (C=N–C) groups is 1. The topological polar surface area (TPSA) is 15.6 Å². The standard InChI is InChI=1S/C14H11ClN2/c15-12-6-7-14-11(8-12)9-17(10-16-14)13-4-2-1-3-5-13/h1-8,10H,9H2. The van der Waals surface area contributed by atoms with Crippen LogP contribution in [0.5, 0.6) is 0 Å². The summed E-state index contributed by atoms with van der Waals surface area (Å²) < 4.78 is 0. The van der Waals surface area contributed by atoms with Crippen molar-refractivity contribution in [3.05, 3.63) is 59.1 Å². The second-order valence-electron chi connectivity index (χ2n) is 3.98. The van der Waals surface area contributed by atoms with E-state index in [1.54, 1.807) is 0 Å². The number of rotatable bonds is 1. The summed E-state index contributed by atoms with van der Waals surface area (Å²) in [5.41, 5.74) is 3.30. The SMILES string of the molecule is Clc1ccc2c(c1)CN(c1ccccc1)C=N2. The molecule has 0 unspecified atom stereocenters. The van der Waals surface area contributed by atoms with E-state index < -0.39 is 0 Å². The molecule has 2 aromatic carbocycles. The van der Waals surface area contributed by atoms with E-state index in [-0.39, 0.29) is 0 Å². The van der Waals surface area contributed by atoms with Gasteiger partial charge in [-0.3, -0.25) is 0 Å². The Morgan fingerprint density at radius 2 is 1.88 bits per heavy atom. The van der Waals surface area contributed by atoms with Crippen molar-refractivity contribution in [3.63, 3.8) is 0 Å². The van der Waals surface area contributed by atoms with Crippen LogP contribution in [0.25, 0.3) is 0 Å². The molecule has 0 aromatic heterocycles. The maximum Gasteiger partial charge on any atom is 0.0960 e. The van der Waals surface area contributed by atoms with E-state index in [1.165, 1.54) is 0 Å². The van der Waals surface area contributed by atoms with Gasteiger partial charge in [-0.05, 0) is 35.9 Å². The van der Waals surface area contributed by atoms with Crippen molar-refractivity contribution in [1.29, 1.82) is 0 Å². The summed E-state index contributed by atoms with van der Waals surface area (Å²) in [6.07, 6.45) is 1.87. The molecule has 84 valence electrons. The maximum absolute atomic E-state index is 6.00. The first-order chi connectivity index (χ1) is 8.33. The first kappa shape index (κ1) is 10.4. The van der Waals surface area contributed by atoms with Gasteiger partial charge < -0.3 is 4.90 Å². The largest absolute Gasteiger partial charge is 0.328 e. The zero-order chi connectivity index (χ0) is 11.7. The fourth-order valence-electron chi connectivity index (χ4n) is 1.94.